The second-order valence-electron chi connectivity index (χ2n) is 5.02. The molecule has 1 aromatic heterocycles. The molecule has 2 saturated heterocycles. The van der Waals surface area contributed by atoms with Crippen molar-refractivity contribution in [3.63, 3.8) is 0 Å². The molecule has 0 bridgehead atoms. The van der Waals surface area contributed by atoms with Gasteiger partial charge in [0.2, 0.25) is 5.91 Å². The highest BCUT2D eigenvalue weighted by molar-refractivity contribution is 5.79. The largest absolute Gasteiger partial charge is 0.369 e. The predicted molar refractivity (Wildman–Crippen MR) is 73.1 cm³/mol. The summed E-state index contributed by atoms with van der Waals surface area (Å²) in [5, 5.41) is 3.18. The Kier molecular flexibility index (Phi) is 3.23. The van der Waals surface area contributed by atoms with Crippen molar-refractivity contribution < 1.29 is 4.79 Å². The fourth-order valence-electron chi connectivity index (χ4n) is 2.85. The zero-order valence-electron chi connectivity index (χ0n) is 11.2. The second kappa shape index (κ2) is 5.03. The number of aromatic nitrogens is 2. The first-order valence-corrected chi connectivity index (χ1v) is 6.88. The average Bonchev–Trinajstić information content (AvgIpc) is 2.81. The maximum absolute atomic E-state index is 11.7. The molecule has 2 aliphatic heterocycles. The molecule has 0 aromatic carbocycles. The molecule has 1 N–H and O–H groups in total. The van der Waals surface area contributed by atoms with Crippen LogP contribution >= 0.6 is 0 Å². The average molecular weight is 261 g/mol. The number of fused-ring (bicyclic) bond motifs is 1. The van der Waals surface area contributed by atoms with Crippen molar-refractivity contribution >= 4 is 17.5 Å². The van der Waals surface area contributed by atoms with Gasteiger partial charge in [-0.05, 0) is 13.3 Å². The van der Waals surface area contributed by atoms with Gasteiger partial charge in [-0.3, -0.25) is 9.78 Å². The van der Waals surface area contributed by atoms with Crippen molar-refractivity contribution in [3.8, 4) is 0 Å². The van der Waals surface area contributed by atoms with E-state index in [0.717, 1.165) is 44.2 Å². The number of nitrogens with one attached hydrogen (secondary N) is 1. The normalized spacial score (nSPS) is 22.6. The van der Waals surface area contributed by atoms with Crippen molar-refractivity contribution in [2.45, 2.75) is 25.8 Å². The van der Waals surface area contributed by atoms with Gasteiger partial charge in [0.15, 0.2) is 0 Å². The van der Waals surface area contributed by atoms with Gasteiger partial charge in [-0.15, -0.1) is 0 Å². The first-order chi connectivity index (χ1) is 9.28. The van der Waals surface area contributed by atoms with E-state index < -0.39 is 0 Å². The van der Waals surface area contributed by atoms with Crippen LogP contribution in [0.15, 0.2) is 12.4 Å². The lowest BCUT2D eigenvalue weighted by molar-refractivity contribution is -0.129. The smallest absolute Gasteiger partial charge is 0.223 e. The number of carbonyl (C=O) groups is 1. The lowest BCUT2D eigenvalue weighted by Gasteiger charge is -2.38. The Labute approximate surface area is 112 Å². The van der Waals surface area contributed by atoms with Gasteiger partial charge in [-0.1, -0.05) is 0 Å². The number of rotatable bonds is 3. The van der Waals surface area contributed by atoms with E-state index in [9.17, 15) is 4.79 Å². The molecule has 102 valence electrons. The van der Waals surface area contributed by atoms with Crippen LogP contribution in [0.5, 0.6) is 0 Å². The number of hydrogen-bond donors (Lipinski definition) is 1. The molecule has 2 fully saturated rings. The summed E-state index contributed by atoms with van der Waals surface area (Å²) in [6.45, 7) is 5.39. The van der Waals surface area contributed by atoms with Crippen LogP contribution in [0.1, 0.15) is 19.8 Å². The zero-order chi connectivity index (χ0) is 13.2. The van der Waals surface area contributed by atoms with Crippen LogP contribution in [0.25, 0.3) is 0 Å². The minimum Gasteiger partial charge on any atom is -0.369 e. The molecule has 1 atom stereocenters. The van der Waals surface area contributed by atoms with Crippen molar-refractivity contribution in [2.75, 3.05) is 36.4 Å². The van der Waals surface area contributed by atoms with Crippen molar-refractivity contribution in [1.29, 1.82) is 0 Å². The molecule has 3 heterocycles. The van der Waals surface area contributed by atoms with Gasteiger partial charge in [0.05, 0.1) is 12.4 Å². The second-order valence-corrected chi connectivity index (χ2v) is 5.02. The third-order valence-corrected chi connectivity index (χ3v) is 3.80. The van der Waals surface area contributed by atoms with Gasteiger partial charge in [0.25, 0.3) is 0 Å². The lowest BCUT2D eigenvalue weighted by atomic mass is 10.1. The Bertz CT molecular complexity index is 478. The topological polar surface area (TPSA) is 61.4 Å². The van der Waals surface area contributed by atoms with E-state index in [2.05, 4.69) is 20.2 Å². The summed E-state index contributed by atoms with van der Waals surface area (Å²) in [6.07, 6.45) is 5.20. The van der Waals surface area contributed by atoms with Gasteiger partial charge in [0.1, 0.15) is 11.6 Å². The zero-order valence-corrected chi connectivity index (χ0v) is 11.2. The molecule has 3 rings (SSSR count). The molecule has 1 aromatic rings. The Morgan fingerprint density at radius 2 is 2.32 bits per heavy atom. The van der Waals surface area contributed by atoms with Crippen LogP contribution in [-0.2, 0) is 4.79 Å². The van der Waals surface area contributed by atoms with Crippen LogP contribution in [0.4, 0.5) is 11.6 Å². The first kappa shape index (κ1) is 12.2. The van der Waals surface area contributed by atoms with Gasteiger partial charge in [-0.25, -0.2) is 4.98 Å². The molecule has 0 saturated carbocycles. The molecule has 1 amide bonds. The molecule has 0 radical (unpaired) electrons. The van der Waals surface area contributed by atoms with Gasteiger partial charge >= 0.3 is 0 Å². The summed E-state index contributed by atoms with van der Waals surface area (Å²) in [4.78, 5) is 24.7. The number of nitrogens with zero attached hydrogens (tertiary/aromatic N) is 4. The number of piperazine rings is 1. The number of carbonyl (C=O) groups excluding carboxylic acids is 1. The molecule has 0 aliphatic carbocycles. The van der Waals surface area contributed by atoms with E-state index in [1.54, 1.807) is 12.4 Å². The van der Waals surface area contributed by atoms with Gasteiger partial charge < -0.3 is 15.1 Å². The Morgan fingerprint density at radius 1 is 1.42 bits per heavy atom. The van der Waals surface area contributed by atoms with E-state index >= 15 is 0 Å². The highest BCUT2D eigenvalue weighted by Crippen LogP contribution is 2.25. The minimum absolute atomic E-state index is 0.303. The highest BCUT2D eigenvalue weighted by atomic mass is 16.2. The summed E-state index contributed by atoms with van der Waals surface area (Å²) < 4.78 is 0. The minimum atomic E-state index is 0.303. The standard InChI is InChI=1S/C13H19N5O/c1-2-15-11-7-14-8-12(16-11)17-5-6-18-10(9-17)3-4-13(18)19/h7-8,10H,2-6,9H2,1H3,(H,15,16). The highest BCUT2D eigenvalue weighted by Gasteiger charge is 2.35. The quantitative estimate of drug-likeness (QED) is 0.868. The van der Waals surface area contributed by atoms with Crippen molar-refractivity contribution in [2.24, 2.45) is 0 Å². The monoisotopic (exact) mass is 261 g/mol. The summed E-state index contributed by atoms with van der Waals surface area (Å²) in [7, 11) is 0. The number of anilines is 2. The maximum Gasteiger partial charge on any atom is 0.223 e. The molecule has 6 heteroatoms. The molecular weight excluding hydrogens is 242 g/mol. The maximum atomic E-state index is 11.7. The van der Waals surface area contributed by atoms with Crippen LogP contribution in [-0.4, -0.2) is 53.0 Å². The molecule has 19 heavy (non-hydrogen) atoms. The van der Waals surface area contributed by atoms with E-state index in [0.29, 0.717) is 18.4 Å². The Morgan fingerprint density at radius 3 is 3.16 bits per heavy atom. The van der Waals surface area contributed by atoms with E-state index in [1.165, 1.54) is 0 Å². The lowest BCUT2D eigenvalue weighted by Crippen LogP contribution is -2.51. The predicted octanol–water partition coefficient (Wildman–Crippen LogP) is 0.719. The molecule has 6 nitrogen and oxygen atoms in total. The number of amides is 1. The van der Waals surface area contributed by atoms with E-state index in [1.807, 2.05) is 11.8 Å². The van der Waals surface area contributed by atoms with Crippen LogP contribution in [0, 0.1) is 0 Å². The van der Waals surface area contributed by atoms with Crippen molar-refractivity contribution in [3.05, 3.63) is 12.4 Å². The molecule has 2 aliphatic rings. The molecule has 1 unspecified atom stereocenters. The van der Waals surface area contributed by atoms with Crippen LogP contribution in [0.3, 0.4) is 0 Å². The molecular formula is C13H19N5O. The molecule has 0 spiro atoms. The first-order valence-electron chi connectivity index (χ1n) is 6.88. The third-order valence-electron chi connectivity index (χ3n) is 3.80. The van der Waals surface area contributed by atoms with Gasteiger partial charge in [-0.2, -0.15) is 0 Å². The Balaban J connectivity index is 1.73. The third kappa shape index (κ3) is 2.34. The summed E-state index contributed by atoms with van der Waals surface area (Å²) in [6, 6.07) is 0.353. The van der Waals surface area contributed by atoms with Crippen LogP contribution in [0.2, 0.25) is 0 Å². The number of hydrogen-bond acceptors (Lipinski definition) is 5. The fourth-order valence-corrected chi connectivity index (χ4v) is 2.85. The SMILES string of the molecule is CCNc1cncc(N2CCN3C(=O)CCC3C2)n1. The van der Waals surface area contributed by atoms with Crippen molar-refractivity contribution in [1.82, 2.24) is 14.9 Å². The van der Waals surface area contributed by atoms with E-state index in [4.69, 9.17) is 0 Å². The fraction of sp³-hybridized carbons (Fsp3) is 0.615. The Hall–Kier alpha value is -1.85. The summed E-state index contributed by atoms with van der Waals surface area (Å²) in [5.74, 6) is 2.01. The van der Waals surface area contributed by atoms with E-state index in [-0.39, 0.29) is 0 Å². The summed E-state index contributed by atoms with van der Waals surface area (Å²) in [5.41, 5.74) is 0. The van der Waals surface area contributed by atoms with Crippen LogP contribution < -0.4 is 10.2 Å². The summed E-state index contributed by atoms with van der Waals surface area (Å²) >= 11 is 0. The van der Waals surface area contributed by atoms with Gasteiger partial charge in [0, 0.05) is 38.6 Å².